The second-order valence-corrected chi connectivity index (χ2v) is 17.0. The van der Waals surface area contributed by atoms with Gasteiger partial charge in [0.2, 0.25) is 0 Å². The average Bonchev–Trinajstić information content (AvgIpc) is 3.24. The number of allylic oxidation sites excluding steroid dienone is 8. The normalized spacial score (nSPS) is 12.4. The van der Waals surface area contributed by atoms with E-state index in [4.69, 9.17) is 14.2 Å². The Morgan fingerprint density at radius 1 is 0.350 bits per heavy atom. The van der Waals surface area contributed by atoms with Crippen LogP contribution in [0.25, 0.3) is 0 Å². The van der Waals surface area contributed by atoms with Gasteiger partial charge in [-0.15, -0.1) is 0 Å². The molecule has 0 saturated carbocycles. The smallest absolute Gasteiger partial charge is 0.306 e. The summed E-state index contributed by atoms with van der Waals surface area (Å²) in [5.74, 6) is -0.909. The minimum atomic E-state index is -0.782. The van der Waals surface area contributed by atoms with E-state index in [9.17, 15) is 14.4 Å². The first kappa shape index (κ1) is 57.4. The van der Waals surface area contributed by atoms with Gasteiger partial charge >= 0.3 is 17.9 Å². The zero-order valence-corrected chi connectivity index (χ0v) is 39.7. The van der Waals surface area contributed by atoms with Crippen LogP contribution in [0.15, 0.2) is 48.6 Å². The third-order valence-corrected chi connectivity index (χ3v) is 11.0. The van der Waals surface area contributed by atoms with Crippen LogP contribution in [-0.2, 0) is 28.6 Å². The van der Waals surface area contributed by atoms with Gasteiger partial charge in [-0.25, -0.2) is 0 Å². The summed E-state index contributed by atoms with van der Waals surface area (Å²) in [6.45, 7) is 6.47. The molecule has 0 bridgehead atoms. The lowest BCUT2D eigenvalue weighted by Crippen LogP contribution is -2.30. The largest absolute Gasteiger partial charge is 0.462 e. The number of carbonyl (C=O) groups is 3. The molecule has 1 atom stereocenters. The molecule has 0 N–H and O–H groups in total. The topological polar surface area (TPSA) is 78.9 Å². The fourth-order valence-electron chi connectivity index (χ4n) is 7.16. The standard InChI is InChI=1S/C54H96O6/c1-4-7-10-13-16-19-22-24-26-27-28-29-31-32-35-38-41-44-47-53(56)59-50-51(49-58-52(55)46-43-40-37-34-21-18-15-12-9-6-3)60-54(57)48-45-42-39-36-33-30-25-23-20-17-14-11-8-5-2/h8,11,15,17-18,20,28-29,51H,4-7,9-10,12-14,16,19,21-27,30-50H2,1-3H3/b11-8-,18-15-,20-17-,29-28-. The van der Waals surface area contributed by atoms with Crippen molar-refractivity contribution in [3.05, 3.63) is 48.6 Å². The molecule has 0 aliphatic carbocycles. The third-order valence-electron chi connectivity index (χ3n) is 11.0. The average molecular weight is 841 g/mol. The second kappa shape index (κ2) is 49.0. The molecule has 6 heteroatoms. The number of hydrogen-bond donors (Lipinski definition) is 0. The van der Waals surface area contributed by atoms with E-state index in [0.717, 1.165) is 103 Å². The zero-order valence-electron chi connectivity index (χ0n) is 39.7. The Bertz CT molecular complexity index is 1060. The van der Waals surface area contributed by atoms with E-state index in [0.29, 0.717) is 19.3 Å². The number of rotatable bonds is 46. The predicted molar refractivity (Wildman–Crippen MR) is 256 cm³/mol. The number of ether oxygens (including phenoxy) is 3. The van der Waals surface area contributed by atoms with E-state index in [-0.39, 0.29) is 31.1 Å². The minimum Gasteiger partial charge on any atom is -0.462 e. The molecular weight excluding hydrogens is 745 g/mol. The zero-order chi connectivity index (χ0) is 43.7. The molecule has 0 aromatic heterocycles. The van der Waals surface area contributed by atoms with Crippen LogP contribution in [-0.4, -0.2) is 37.2 Å². The first-order chi connectivity index (χ1) is 29.5. The van der Waals surface area contributed by atoms with Crippen molar-refractivity contribution in [1.29, 1.82) is 0 Å². The van der Waals surface area contributed by atoms with Crippen molar-refractivity contribution in [3.63, 3.8) is 0 Å². The fourth-order valence-corrected chi connectivity index (χ4v) is 7.16. The highest BCUT2D eigenvalue weighted by Crippen LogP contribution is 2.14. The summed E-state index contributed by atoms with van der Waals surface area (Å²) in [5, 5.41) is 0. The van der Waals surface area contributed by atoms with Crippen molar-refractivity contribution in [2.75, 3.05) is 13.2 Å². The highest BCUT2D eigenvalue weighted by atomic mass is 16.6. The fraction of sp³-hybridized carbons (Fsp3) is 0.796. The molecule has 0 fully saturated rings. The minimum absolute atomic E-state index is 0.0837. The Labute approximate surface area is 371 Å². The summed E-state index contributed by atoms with van der Waals surface area (Å²) >= 11 is 0. The lowest BCUT2D eigenvalue weighted by atomic mass is 10.1. The van der Waals surface area contributed by atoms with Gasteiger partial charge in [0, 0.05) is 19.3 Å². The number of unbranched alkanes of at least 4 members (excludes halogenated alkanes) is 27. The van der Waals surface area contributed by atoms with E-state index < -0.39 is 6.10 Å². The summed E-state index contributed by atoms with van der Waals surface area (Å²) in [6, 6.07) is 0. The van der Waals surface area contributed by atoms with E-state index in [2.05, 4.69) is 69.4 Å². The number of hydrogen-bond acceptors (Lipinski definition) is 6. The van der Waals surface area contributed by atoms with Crippen LogP contribution in [0.3, 0.4) is 0 Å². The van der Waals surface area contributed by atoms with Crippen LogP contribution < -0.4 is 0 Å². The maximum absolute atomic E-state index is 12.8. The van der Waals surface area contributed by atoms with Crippen LogP contribution in [0, 0.1) is 0 Å². The van der Waals surface area contributed by atoms with Crippen molar-refractivity contribution in [3.8, 4) is 0 Å². The van der Waals surface area contributed by atoms with Gasteiger partial charge in [0.25, 0.3) is 0 Å². The molecule has 0 radical (unpaired) electrons. The third kappa shape index (κ3) is 46.4. The van der Waals surface area contributed by atoms with E-state index in [1.807, 2.05) is 0 Å². The van der Waals surface area contributed by atoms with Crippen molar-refractivity contribution >= 4 is 17.9 Å². The second-order valence-electron chi connectivity index (χ2n) is 17.0. The molecule has 1 unspecified atom stereocenters. The molecule has 0 heterocycles. The van der Waals surface area contributed by atoms with Crippen LogP contribution in [0.5, 0.6) is 0 Å². The molecule has 0 aliphatic heterocycles. The highest BCUT2D eigenvalue weighted by molar-refractivity contribution is 5.71. The summed E-state index contributed by atoms with van der Waals surface area (Å²) in [7, 11) is 0. The van der Waals surface area contributed by atoms with Gasteiger partial charge in [-0.2, -0.15) is 0 Å². The van der Waals surface area contributed by atoms with E-state index >= 15 is 0 Å². The molecule has 0 aromatic carbocycles. The van der Waals surface area contributed by atoms with Gasteiger partial charge in [-0.05, 0) is 89.9 Å². The Hall–Kier alpha value is -2.63. The van der Waals surface area contributed by atoms with Crippen LogP contribution in [0.1, 0.15) is 258 Å². The van der Waals surface area contributed by atoms with Gasteiger partial charge in [0.15, 0.2) is 6.10 Å². The summed E-state index contributed by atoms with van der Waals surface area (Å²) in [6.07, 6.45) is 58.1. The molecule has 0 saturated heterocycles. The van der Waals surface area contributed by atoms with Crippen molar-refractivity contribution in [2.24, 2.45) is 0 Å². The number of esters is 3. The SMILES string of the molecule is CC/C=C\C/C=C\CCCCCCCCCC(=O)OC(COC(=O)CCCCCC/C=C\CCCC)COC(=O)CCCCCCC/C=C\CCCCCCCCCCC. The van der Waals surface area contributed by atoms with Crippen LogP contribution >= 0.6 is 0 Å². The van der Waals surface area contributed by atoms with Gasteiger partial charge in [-0.1, -0.05) is 198 Å². The summed E-state index contributed by atoms with van der Waals surface area (Å²) in [4.78, 5) is 37.9. The molecule has 0 rings (SSSR count). The summed E-state index contributed by atoms with van der Waals surface area (Å²) in [5.41, 5.74) is 0. The van der Waals surface area contributed by atoms with Crippen molar-refractivity contribution < 1.29 is 28.6 Å². The number of carbonyl (C=O) groups excluding carboxylic acids is 3. The van der Waals surface area contributed by atoms with E-state index in [1.54, 1.807) is 0 Å². The summed E-state index contributed by atoms with van der Waals surface area (Å²) < 4.78 is 16.7. The monoisotopic (exact) mass is 841 g/mol. The van der Waals surface area contributed by atoms with Crippen molar-refractivity contribution in [1.82, 2.24) is 0 Å². The molecule has 348 valence electrons. The molecule has 0 aromatic rings. The van der Waals surface area contributed by atoms with Crippen LogP contribution in [0.4, 0.5) is 0 Å². The molecule has 0 aliphatic rings. The first-order valence-electron chi connectivity index (χ1n) is 25.6. The Kier molecular flexibility index (Phi) is 46.9. The Morgan fingerprint density at radius 2 is 0.667 bits per heavy atom. The maximum atomic E-state index is 12.8. The molecule has 6 nitrogen and oxygen atoms in total. The van der Waals surface area contributed by atoms with E-state index in [1.165, 1.54) is 116 Å². The van der Waals surface area contributed by atoms with Crippen molar-refractivity contribution in [2.45, 2.75) is 264 Å². The Morgan fingerprint density at radius 3 is 1.07 bits per heavy atom. The molecular formula is C54H96O6. The van der Waals surface area contributed by atoms with Gasteiger partial charge < -0.3 is 14.2 Å². The maximum Gasteiger partial charge on any atom is 0.306 e. The first-order valence-corrected chi connectivity index (χ1v) is 25.6. The molecule has 0 spiro atoms. The lowest BCUT2D eigenvalue weighted by Gasteiger charge is -2.18. The Balaban J connectivity index is 4.34. The highest BCUT2D eigenvalue weighted by Gasteiger charge is 2.19. The van der Waals surface area contributed by atoms with Gasteiger partial charge in [0.1, 0.15) is 13.2 Å². The quantitative estimate of drug-likeness (QED) is 0.0263. The predicted octanol–water partition coefficient (Wildman–Crippen LogP) is 16.7. The lowest BCUT2D eigenvalue weighted by molar-refractivity contribution is -0.167. The van der Waals surface area contributed by atoms with Gasteiger partial charge in [-0.3, -0.25) is 14.4 Å². The van der Waals surface area contributed by atoms with Gasteiger partial charge in [0.05, 0.1) is 0 Å². The molecule has 0 amide bonds. The molecule has 60 heavy (non-hydrogen) atoms. The van der Waals surface area contributed by atoms with Crippen LogP contribution in [0.2, 0.25) is 0 Å².